The molecule has 2 aromatic carbocycles. The standard InChI is InChI=1S/C22H33NO/c1-2-3-4-5-6-7-8-9-10-11-18-24-22-17-13-14-19-20(22)15-12-16-21(19)23/h12-17H,2-11,18,23H2,1H3. The number of anilines is 1. The van der Waals surface area contributed by atoms with Crippen LogP contribution in [-0.2, 0) is 0 Å². The van der Waals surface area contributed by atoms with E-state index in [2.05, 4.69) is 19.1 Å². The summed E-state index contributed by atoms with van der Waals surface area (Å²) in [5.74, 6) is 0.954. The molecule has 2 rings (SSSR count). The topological polar surface area (TPSA) is 35.2 Å². The molecule has 2 heteroatoms. The van der Waals surface area contributed by atoms with E-state index >= 15 is 0 Å². The van der Waals surface area contributed by atoms with Crippen LogP contribution in [0.15, 0.2) is 36.4 Å². The average molecular weight is 328 g/mol. The lowest BCUT2D eigenvalue weighted by molar-refractivity contribution is 0.307. The van der Waals surface area contributed by atoms with Crippen molar-refractivity contribution in [2.75, 3.05) is 12.3 Å². The predicted octanol–water partition coefficient (Wildman–Crippen LogP) is 6.72. The van der Waals surface area contributed by atoms with Crippen molar-refractivity contribution in [3.63, 3.8) is 0 Å². The van der Waals surface area contributed by atoms with Crippen molar-refractivity contribution in [2.45, 2.75) is 71.1 Å². The summed E-state index contributed by atoms with van der Waals surface area (Å²) in [5.41, 5.74) is 6.85. The highest BCUT2D eigenvalue weighted by molar-refractivity contribution is 5.96. The zero-order valence-electron chi connectivity index (χ0n) is 15.2. The van der Waals surface area contributed by atoms with Gasteiger partial charge in [-0.05, 0) is 18.6 Å². The van der Waals surface area contributed by atoms with Crippen LogP contribution in [0.5, 0.6) is 5.75 Å². The summed E-state index contributed by atoms with van der Waals surface area (Å²) in [5, 5.41) is 2.20. The normalized spacial score (nSPS) is 11.0. The van der Waals surface area contributed by atoms with E-state index in [1.165, 1.54) is 57.8 Å². The Morgan fingerprint density at radius 2 is 1.29 bits per heavy atom. The third kappa shape index (κ3) is 6.07. The summed E-state index contributed by atoms with van der Waals surface area (Å²) >= 11 is 0. The van der Waals surface area contributed by atoms with Gasteiger partial charge in [-0.25, -0.2) is 0 Å². The van der Waals surface area contributed by atoms with Gasteiger partial charge in [0, 0.05) is 16.5 Å². The number of nitrogen functional groups attached to an aromatic ring is 1. The Morgan fingerprint density at radius 1 is 0.708 bits per heavy atom. The number of ether oxygens (including phenoxy) is 1. The Kier molecular flexibility index (Phi) is 8.51. The molecule has 0 fully saturated rings. The average Bonchev–Trinajstić information content (AvgIpc) is 2.60. The van der Waals surface area contributed by atoms with Crippen molar-refractivity contribution >= 4 is 16.5 Å². The minimum absolute atomic E-state index is 0.796. The van der Waals surface area contributed by atoms with Crippen LogP contribution in [0.25, 0.3) is 10.8 Å². The smallest absolute Gasteiger partial charge is 0.127 e. The molecule has 0 heterocycles. The summed E-state index contributed by atoms with van der Waals surface area (Å²) in [4.78, 5) is 0. The summed E-state index contributed by atoms with van der Waals surface area (Å²) in [6, 6.07) is 12.1. The minimum Gasteiger partial charge on any atom is -0.493 e. The highest BCUT2D eigenvalue weighted by atomic mass is 16.5. The molecule has 0 aliphatic heterocycles. The van der Waals surface area contributed by atoms with Crippen LogP contribution in [-0.4, -0.2) is 6.61 Å². The lowest BCUT2D eigenvalue weighted by atomic mass is 10.1. The van der Waals surface area contributed by atoms with Gasteiger partial charge in [0.2, 0.25) is 0 Å². The molecule has 2 N–H and O–H groups in total. The van der Waals surface area contributed by atoms with Crippen LogP contribution >= 0.6 is 0 Å². The number of rotatable bonds is 12. The lowest BCUT2D eigenvalue weighted by Crippen LogP contribution is -1.98. The van der Waals surface area contributed by atoms with Gasteiger partial charge in [-0.2, -0.15) is 0 Å². The van der Waals surface area contributed by atoms with E-state index < -0.39 is 0 Å². The SMILES string of the molecule is CCCCCCCCCCCCOc1cccc2c(N)cccc12. The van der Waals surface area contributed by atoms with Gasteiger partial charge in [-0.3, -0.25) is 0 Å². The number of unbranched alkanes of at least 4 members (excludes halogenated alkanes) is 9. The van der Waals surface area contributed by atoms with Crippen molar-refractivity contribution in [2.24, 2.45) is 0 Å². The molecule has 0 spiro atoms. The van der Waals surface area contributed by atoms with Gasteiger partial charge in [0.15, 0.2) is 0 Å². The molecule has 0 saturated carbocycles. The molecule has 2 nitrogen and oxygen atoms in total. The van der Waals surface area contributed by atoms with Crippen LogP contribution in [0.3, 0.4) is 0 Å². The van der Waals surface area contributed by atoms with Gasteiger partial charge in [-0.1, -0.05) is 89.0 Å². The maximum Gasteiger partial charge on any atom is 0.127 e. The van der Waals surface area contributed by atoms with E-state index in [4.69, 9.17) is 10.5 Å². The number of hydrogen-bond donors (Lipinski definition) is 1. The van der Waals surface area contributed by atoms with Crippen molar-refractivity contribution in [1.29, 1.82) is 0 Å². The zero-order chi connectivity index (χ0) is 17.0. The second-order valence-corrected chi connectivity index (χ2v) is 6.73. The first-order valence-corrected chi connectivity index (χ1v) is 9.73. The molecule has 0 radical (unpaired) electrons. The second kappa shape index (κ2) is 11.0. The van der Waals surface area contributed by atoms with Gasteiger partial charge >= 0.3 is 0 Å². The maximum absolute atomic E-state index is 6.03. The van der Waals surface area contributed by atoms with E-state index in [9.17, 15) is 0 Å². The Morgan fingerprint density at radius 3 is 2.00 bits per heavy atom. The molecule has 2 aromatic rings. The Labute approximate surface area is 147 Å². The maximum atomic E-state index is 6.03. The largest absolute Gasteiger partial charge is 0.493 e. The molecule has 0 amide bonds. The Bertz CT molecular complexity index is 594. The second-order valence-electron chi connectivity index (χ2n) is 6.73. The predicted molar refractivity (Wildman–Crippen MR) is 106 cm³/mol. The van der Waals surface area contributed by atoms with Crippen molar-refractivity contribution in [3.05, 3.63) is 36.4 Å². The van der Waals surface area contributed by atoms with Crippen LogP contribution < -0.4 is 10.5 Å². The number of hydrogen-bond acceptors (Lipinski definition) is 2. The van der Waals surface area contributed by atoms with E-state index in [0.717, 1.165) is 35.2 Å². The molecule has 0 aliphatic rings. The van der Waals surface area contributed by atoms with Gasteiger partial charge in [0.25, 0.3) is 0 Å². The summed E-state index contributed by atoms with van der Waals surface area (Å²) in [6.45, 7) is 3.07. The third-order valence-electron chi connectivity index (χ3n) is 4.67. The van der Waals surface area contributed by atoms with Crippen molar-refractivity contribution in [3.8, 4) is 5.75 Å². The van der Waals surface area contributed by atoms with Crippen LogP contribution in [0, 0.1) is 0 Å². The zero-order valence-corrected chi connectivity index (χ0v) is 15.2. The highest BCUT2D eigenvalue weighted by Gasteiger charge is 2.03. The van der Waals surface area contributed by atoms with Crippen molar-refractivity contribution < 1.29 is 4.74 Å². The van der Waals surface area contributed by atoms with Crippen LogP contribution in [0.2, 0.25) is 0 Å². The fraction of sp³-hybridized carbons (Fsp3) is 0.545. The van der Waals surface area contributed by atoms with Crippen molar-refractivity contribution in [1.82, 2.24) is 0 Å². The molecule has 0 aliphatic carbocycles. The summed E-state index contributed by atoms with van der Waals surface area (Å²) in [7, 11) is 0. The van der Waals surface area contributed by atoms with E-state index in [0.29, 0.717) is 0 Å². The van der Waals surface area contributed by atoms with Crippen LogP contribution in [0.1, 0.15) is 71.1 Å². The molecule has 132 valence electrons. The molecule has 0 bridgehead atoms. The third-order valence-corrected chi connectivity index (χ3v) is 4.67. The number of nitrogens with two attached hydrogens (primary N) is 1. The molecule has 0 aromatic heterocycles. The van der Waals surface area contributed by atoms with Gasteiger partial charge < -0.3 is 10.5 Å². The monoisotopic (exact) mass is 327 g/mol. The minimum atomic E-state index is 0.796. The molecule has 24 heavy (non-hydrogen) atoms. The first-order valence-electron chi connectivity index (χ1n) is 9.73. The number of fused-ring (bicyclic) bond motifs is 1. The Hall–Kier alpha value is -1.70. The van der Waals surface area contributed by atoms with Gasteiger partial charge in [-0.15, -0.1) is 0 Å². The molecule has 0 atom stereocenters. The van der Waals surface area contributed by atoms with E-state index in [-0.39, 0.29) is 0 Å². The lowest BCUT2D eigenvalue weighted by Gasteiger charge is -2.10. The Balaban J connectivity index is 1.59. The van der Waals surface area contributed by atoms with E-state index in [1.54, 1.807) is 0 Å². The van der Waals surface area contributed by atoms with Gasteiger partial charge in [0.1, 0.15) is 5.75 Å². The molecular formula is C22H33NO. The number of benzene rings is 2. The first-order chi connectivity index (χ1) is 11.8. The fourth-order valence-corrected chi connectivity index (χ4v) is 3.20. The molecule has 0 unspecified atom stereocenters. The van der Waals surface area contributed by atoms with Crippen LogP contribution in [0.4, 0.5) is 5.69 Å². The molecular weight excluding hydrogens is 294 g/mol. The van der Waals surface area contributed by atoms with Gasteiger partial charge in [0.05, 0.1) is 6.61 Å². The fourth-order valence-electron chi connectivity index (χ4n) is 3.20. The highest BCUT2D eigenvalue weighted by Crippen LogP contribution is 2.29. The summed E-state index contributed by atoms with van der Waals surface area (Å²) < 4.78 is 5.99. The summed E-state index contributed by atoms with van der Waals surface area (Å²) in [6.07, 6.45) is 13.5. The first kappa shape index (κ1) is 18.6. The molecule has 0 saturated heterocycles. The van der Waals surface area contributed by atoms with E-state index in [1.807, 2.05) is 24.3 Å². The quantitative estimate of drug-likeness (QED) is 0.347.